The molecule has 1 atom stereocenters. The van der Waals surface area contributed by atoms with Crippen molar-refractivity contribution >= 4 is 17.2 Å². The molecule has 4 nitrogen and oxygen atoms in total. The Labute approximate surface area is 91.9 Å². The Morgan fingerprint density at radius 3 is 3.07 bits per heavy atom. The maximum Gasteiger partial charge on any atom is 0.239 e. The van der Waals surface area contributed by atoms with Gasteiger partial charge in [0, 0.05) is 13.1 Å². The van der Waals surface area contributed by atoms with Gasteiger partial charge < -0.3 is 10.6 Å². The number of hydrogen-bond donors (Lipinski definition) is 1. The Kier molecular flexibility index (Phi) is 2.71. The fourth-order valence-corrected chi connectivity index (χ4v) is 2.35. The smallest absolute Gasteiger partial charge is 0.239 e. The molecule has 78 valence electrons. The fourth-order valence-electron chi connectivity index (χ4n) is 1.66. The summed E-state index contributed by atoms with van der Waals surface area (Å²) in [4.78, 5) is 14.0. The predicted octanol–water partition coefficient (Wildman–Crippen LogP) is 0.679. The highest BCUT2D eigenvalue weighted by Crippen LogP contribution is 2.18. The maximum absolute atomic E-state index is 11.5. The molecule has 1 aliphatic rings. The van der Waals surface area contributed by atoms with Gasteiger partial charge in [-0.15, -0.1) is 11.3 Å². The molecule has 0 spiro atoms. The van der Waals surface area contributed by atoms with E-state index < -0.39 is 0 Å². The summed E-state index contributed by atoms with van der Waals surface area (Å²) in [6.07, 6.45) is 0.730. The van der Waals surface area contributed by atoms with E-state index in [1.54, 1.807) is 4.90 Å². The molecule has 0 saturated carbocycles. The van der Waals surface area contributed by atoms with E-state index in [1.165, 1.54) is 11.3 Å². The molecule has 1 aromatic rings. The Hall–Kier alpha value is -1.38. The summed E-state index contributed by atoms with van der Waals surface area (Å²) in [6, 6.07) is 3.57. The number of likely N-dealkylation sites (tertiary alicyclic amines) is 1. The normalized spacial score (nSPS) is 20.7. The minimum Gasteiger partial charge on any atom is -0.337 e. The second-order valence-corrected chi connectivity index (χ2v) is 4.50. The number of nitriles is 1. The molecule has 1 aliphatic heterocycles. The Bertz CT molecular complexity index is 421. The first-order chi connectivity index (χ1) is 7.20. The molecular formula is C10H11N3OS. The van der Waals surface area contributed by atoms with Crippen molar-refractivity contribution in [1.29, 1.82) is 5.26 Å². The summed E-state index contributed by atoms with van der Waals surface area (Å²) < 4.78 is 0. The third-order valence-corrected chi connectivity index (χ3v) is 3.36. The SMILES string of the molecule is N#Cc1cc(CN2CC[C@H](N)C2=O)cs1. The second kappa shape index (κ2) is 4.01. The number of hydrogen-bond acceptors (Lipinski definition) is 4. The Morgan fingerprint density at radius 1 is 1.73 bits per heavy atom. The summed E-state index contributed by atoms with van der Waals surface area (Å²) in [6.45, 7) is 1.29. The molecular weight excluding hydrogens is 210 g/mol. The van der Waals surface area contributed by atoms with Gasteiger partial charge in [0.05, 0.1) is 6.04 Å². The molecule has 0 aliphatic carbocycles. The maximum atomic E-state index is 11.5. The molecule has 0 bridgehead atoms. The topological polar surface area (TPSA) is 70.1 Å². The third kappa shape index (κ3) is 2.01. The molecule has 5 heteroatoms. The summed E-state index contributed by atoms with van der Waals surface area (Å²) in [5, 5.41) is 10.6. The van der Waals surface area contributed by atoms with Crippen LogP contribution in [0.1, 0.15) is 16.9 Å². The van der Waals surface area contributed by atoms with E-state index in [4.69, 9.17) is 11.0 Å². The van der Waals surface area contributed by atoms with Crippen LogP contribution in [0.15, 0.2) is 11.4 Å². The average Bonchev–Trinajstić information content (AvgIpc) is 2.80. The number of carbonyl (C=O) groups is 1. The first-order valence-corrected chi connectivity index (χ1v) is 5.60. The summed E-state index contributed by atoms with van der Waals surface area (Å²) in [7, 11) is 0. The largest absolute Gasteiger partial charge is 0.337 e. The van der Waals surface area contributed by atoms with E-state index in [0.29, 0.717) is 11.4 Å². The monoisotopic (exact) mass is 221 g/mol. The van der Waals surface area contributed by atoms with Crippen LogP contribution in [0.4, 0.5) is 0 Å². The highest BCUT2D eigenvalue weighted by molar-refractivity contribution is 7.10. The summed E-state index contributed by atoms with van der Waals surface area (Å²) >= 11 is 1.40. The van der Waals surface area contributed by atoms with Crippen molar-refractivity contribution in [1.82, 2.24) is 4.90 Å². The number of thiophene rings is 1. The summed E-state index contributed by atoms with van der Waals surface area (Å²) in [5.41, 5.74) is 6.63. The van der Waals surface area contributed by atoms with Gasteiger partial charge >= 0.3 is 0 Å². The van der Waals surface area contributed by atoms with E-state index in [-0.39, 0.29) is 11.9 Å². The number of amides is 1. The van der Waals surface area contributed by atoms with Crippen LogP contribution in [0.3, 0.4) is 0 Å². The molecule has 2 rings (SSSR count). The number of nitrogens with zero attached hydrogens (tertiary/aromatic N) is 2. The van der Waals surface area contributed by atoms with Crippen LogP contribution in [-0.4, -0.2) is 23.4 Å². The van der Waals surface area contributed by atoms with Crippen molar-refractivity contribution in [2.24, 2.45) is 5.73 Å². The van der Waals surface area contributed by atoms with Crippen LogP contribution < -0.4 is 5.73 Å². The molecule has 1 fully saturated rings. The van der Waals surface area contributed by atoms with Crippen molar-refractivity contribution in [2.45, 2.75) is 19.0 Å². The zero-order valence-electron chi connectivity index (χ0n) is 8.14. The van der Waals surface area contributed by atoms with Crippen LogP contribution in [0.2, 0.25) is 0 Å². The second-order valence-electron chi connectivity index (χ2n) is 3.59. The van der Waals surface area contributed by atoms with Crippen LogP contribution in [0, 0.1) is 11.3 Å². The molecule has 0 aromatic carbocycles. The molecule has 1 saturated heterocycles. The van der Waals surface area contributed by atoms with Crippen LogP contribution in [0.5, 0.6) is 0 Å². The van der Waals surface area contributed by atoms with Gasteiger partial charge in [-0.05, 0) is 23.4 Å². The lowest BCUT2D eigenvalue weighted by atomic mass is 10.3. The average molecular weight is 221 g/mol. The molecule has 1 aromatic heterocycles. The van der Waals surface area contributed by atoms with Gasteiger partial charge in [-0.3, -0.25) is 4.79 Å². The van der Waals surface area contributed by atoms with Crippen LogP contribution in [-0.2, 0) is 11.3 Å². The van der Waals surface area contributed by atoms with E-state index in [2.05, 4.69) is 6.07 Å². The van der Waals surface area contributed by atoms with Crippen molar-refractivity contribution < 1.29 is 4.79 Å². The van der Waals surface area contributed by atoms with Gasteiger partial charge in [0.25, 0.3) is 0 Å². The lowest BCUT2D eigenvalue weighted by Gasteiger charge is -2.14. The van der Waals surface area contributed by atoms with E-state index in [9.17, 15) is 4.79 Å². The Morgan fingerprint density at radius 2 is 2.53 bits per heavy atom. The van der Waals surface area contributed by atoms with Crippen molar-refractivity contribution in [2.75, 3.05) is 6.54 Å². The van der Waals surface area contributed by atoms with Crippen LogP contribution >= 0.6 is 11.3 Å². The number of rotatable bonds is 2. The zero-order valence-corrected chi connectivity index (χ0v) is 8.96. The Balaban J connectivity index is 2.04. The third-order valence-electron chi connectivity index (χ3n) is 2.48. The van der Waals surface area contributed by atoms with E-state index in [0.717, 1.165) is 18.5 Å². The highest BCUT2D eigenvalue weighted by atomic mass is 32.1. The minimum atomic E-state index is -0.334. The van der Waals surface area contributed by atoms with Crippen LogP contribution in [0.25, 0.3) is 0 Å². The fraction of sp³-hybridized carbons (Fsp3) is 0.400. The van der Waals surface area contributed by atoms with Gasteiger partial charge in [0.1, 0.15) is 10.9 Å². The van der Waals surface area contributed by atoms with Gasteiger partial charge in [0.2, 0.25) is 5.91 Å². The van der Waals surface area contributed by atoms with Crippen molar-refractivity contribution in [3.8, 4) is 6.07 Å². The van der Waals surface area contributed by atoms with Gasteiger partial charge in [-0.1, -0.05) is 0 Å². The van der Waals surface area contributed by atoms with Crippen molar-refractivity contribution in [3.05, 3.63) is 21.9 Å². The summed E-state index contributed by atoms with van der Waals surface area (Å²) in [5.74, 6) is 0.0136. The highest BCUT2D eigenvalue weighted by Gasteiger charge is 2.28. The number of nitrogens with two attached hydrogens (primary N) is 1. The molecule has 0 unspecified atom stereocenters. The van der Waals surface area contributed by atoms with Gasteiger partial charge in [0.15, 0.2) is 0 Å². The lowest BCUT2D eigenvalue weighted by Crippen LogP contribution is -2.33. The zero-order chi connectivity index (χ0) is 10.8. The standard InChI is InChI=1S/C10H11N3OS/c11-4-8-3-7(6-15-8)5-13-2-1-9(12)10(13)14/h3,6,9H,1-2,5,12H2/t9-/m0/s1. The van der Waals surface area contributed by atoms with Gasteiger partial charge in [-0.25, -0.2) is 0 Å². The number of carbonyl (C=O) groups excluding carboxylic acids is 1. The van der Waals surface area contributed by atoms with E-state index in [1.807, 2.05) is 11.4 Å². The molecule has 15 heavy (non-hydrogen) atoms. The van der Waals surface area contributed by atoms with Crippen molar-refractivity contribution in [3.63, 3.8) is 0 Å². The molecule has 2 heterocycles. The predicted molar refractivity (Wildman–Crippen MR) is 57.0 cm³/mol. The molecule has 1 amide bonds. The lowest BCUT2D eigenvalue weighted by molar-refractivity contribution is -0.129. The van der Waals surface area contributed by atoms with Gasteiger partial charge in [-0.2, -0.15) is 5.26 Å². The minimum absolute atomic E-state index is 0.0136. The quantitative estimate of drug-likeness (QED) is 0.798. The van der Waals surface area contributed by atoms with E-state index >= 15 is 0 Å². The molecule has 0 radical (unpaired) electrons. The first-order valence-electron chi connectivity index (χ1n) is 4.72. The first kappa shape index (κ1) is 10.1. The molecule has 2 N–H and O–H groups in total.